The predicted molar refractivity (Wildman–Crippen MR) is 109 cm³/mol. The van der Waals surface area contributed by atoms with Gasteiger partial charge < -0.3 is 9.84 Å². The Kier molecular flexibility index (Phi) is 6.77. The molecule has 0 saturated heterocycles. The molecule has 27 heavy (non-hydrogen) atoms. The molecule has 0 aromatic heterocycles. The minimum Gasteiger partial charge on any atom is -0.504 e. The molecule has 3 rings (SSSR count). The monoisotopic (exact) mass is 393 g/mol. The van der Waals surface area contributed by atoms with Crippen LogP contribution in [-0.4, -0.2) is 21.6 Å². The van der Waals surface area contributed by atoms with Crippen molar-refractivity contribution in [2.75, 3.05) is 0 Å². The molecule has 0 aliphatic carbocycles. The van der Waals surface area contributed by atoms with E-state index in [4.69, 9.17) is 4.74 Å². The van der Waals surface area contributed by atoms with Crippen molar-refractivity contribution in [3.05, 3.63) is 58.9 Å². The van der Waals surface area contributed by atoms with Crippen LogP contribution in [-0.2, 0) is 19.5 Å². The van der Waals surface area contributed by atoms with E-state index >= 15 is 0 Å². The molecule has 5 heteroatoms. The number of nitrogens with zero attached hydrogens (tertiary/aromatic N) is 1. The molecule has 0 unspecified atom stereocenters. The van der Waals surface area contributed by atoms with Crippen LogP contribution in [0.5, 0.6) is 11.5 Å². The Labute approximate surface area is 167 Å². The van der Waals surface area contributed by atoms with Gasteiger partial charge >= 0.3 is 0 Å². The minimum absolute atomic E-state index is 0. The third kappa shape index (κ3) is 5.14. The van der Waals surface area contributed by atoms with Gasteiger partial charge in [0.25, 0.3) is 0 Å². The Morgan fingerprint density at radius 3 is 2.52 bits per heavy atom. The van der Waals surface area contributed by atoms with E-state index in [1.54, 1.807) is 18.2 Å². The van der Waals surface area contributed by atoms with Gasteiger partial charge in [-0.2, -0.15) is 0 Å². The first-order valence-electron chi connectivity index (χ1n) is 9.25. The summed E-state index contributed by atoms with van der Waals surface area (Å²) < 4.78 is 19.1. The van der Waals surface area contributed by atoms with Crippen molar-refractivity contribution in [1.82, 2.24) is 4.90 Å². The van der Waals surface area contributed by atoms with Crippen LogP contribution in [0, 0.1) is 5.82 Å². The second-order valence-corrected chi connectivity index (χ2v) is 8.05. The maximum Gasteiger partial charge on any atom is 0.161 e. The molecule has 0 bridgehead atoms. The molecule has 148 valence electrons. The summed E-state index contributed by atoms with van der Waals surface area (Å²) in [5.41, 5.74) is 3.45. The second-order valence-electron chi connectivity index (χ2n) is 8.05. The molecule has 3 nitrogen and oxygen atoms in total. The summed E-state index contributed by atoms with van der Waals surface area (Å²) in [6.45, 7) is 10.0. The molecule has 0 fully saturated rings. The van der Waals surface area contributed by atoms with Crippen LogP contribution in [0.1, 0.15) is 50.8 Å². The average molecular weight is 394 g/mol. The molecule has 2 aromatic rings. The Morgan fingerprint density at radius 1 is 1.11 bits per heavy atom. The molecule has 0 amide bonds. The van der Waals surface area contributed by atoms with E-state index in [-0.39, 0.29) is 35.6 Å². The van der Waals surface area contributed by atoms with Crippen LogP contribution < -0.4 is 4.74 Å². The van der Waals surface area contributed by atoms with Crippen LogP contribution >= 0.6 is 12.4 Å². The van der Waals surface area contributed by atoms with E-state index in [2.05, 4.69) is 18.7 Å². The zero-order valence-electron chi connectivity index (χ0n) is 16.5. The van der Waals surface area contributed by atoms with Crippen molar-refractivity contribution >= 4 is 12.4 Å². The number of aryl methyl sites for hydroxylation is 1. The zero-order valence-corrected chi connectivity index (χ0v) is 17.3. The van der Waals surface area contributed by atoms with E-state index in [0.717, 1.165) is 37.1 Å². The van der Waals surface area contributed by atoms with Crippen molar-refractivity contribution in [3.63, 3.8) is 0 Å². The average Bonchev–Trinajstić information content (AvgIpc) is 2.99. The van der Waals surface area contributed by atoms with Gasteiger partial charge in [0, 0.05) is 18.6 Å². The SMILES string of the molecule is CC(C)Oc1cc(CCC(C)(C)N2Cc3ccc(F)cc3C2)ccc1O.Cl. The maximum absolute atomic E-state index is 13.5. The molecular weight excluding hydrogens is 365 g/mol. The lowest BCUT2D eigenvalue weighted by Gasteiger charge is -2.35. The molecule has 1 heterocycles. The fourth-order valence-corrected chi connectivity index (χ4v) is 3.46. The van der Waals surface area contributed by atoms with E-state index in [1.807, 2.05) is 32.0 Å². The topological polar surface area (TPSA) is 32.7 Å². The number of aromatic hydroxyl groups is 1. The van der Waals surface area contributed by atoms with Crippen molar-refractivity contribution in [2.45, 2.75) is 65.3 Å². The van der Waals surface area contributed by atoms with Crippen LogP contribution in [0.2, 0.25) is 0 Å². The highest BCUT2D eigenvalue weighted by Gasteiger charge is 2.31. The van der Waals surface area contributed by atoms with Gasteiger partial charge in [0.1, 0.15) is 5.82 Å². The molecule has 0 spiro atoms. The Balaban J connectivity index is 0.00000261. The van der Waals surface area contributed by atoms with Crippen LogP contribution in [0.15, 0.2) is 36.4 Å². The first-order chi connectivity index (χ1) is 12.2. The van der Waals surface area contributed by atoms with E-state index < -0.39 is 0 Å². The Bertz CT molecular complexity index is 792. The van der Waals surface area contributed by atoms with Crippen LogP contribution in [0.4, 0.5) is 4.39 Å². The maximum atomic E-state index is 13.5. The smallest absolute Gasteiger partial charge is 0.161 e. The summed E-state index contributed by atoms with van der Waals surface area (Å²) in [7, 11) is 0. The van der Waals surface area contributed by atoms with Crippen molar-refractivity contribution < 1.29 is 14.2 Å². The number of benzene rings is 2. The van der Waals surface area contributed by atoms with Crippen LogP contribution in [0.25, 0.3) is 0 Å². The number of phenolic OH excluding ortho intramolecular Hbond substituents is 1. The first-order valence-corrected chi connectivity index (χ1v) is 9.25. The molecule has 0 saturated carbocycles. The number of ether oxygens (including phenoxy) is 1. The van der Waals surface area contributed by atoms with Gasteiger partial charge in [0.15, 0.2) is 11.5 Å². The fraction of sp³-hybridized carbons (Fsp3) is 0.455. The number of phenols is 1. The first kappa shape index (κ1) is 21.5. The lowest BCUT2D eigenvalue weighted by molar-refractivity contribution is 0.109. The molecule has 2 aromatic carbocycles. The molecular formula is C22H29ClFNO2. The summed E-state index contributed by atoms with van der Waals surface area (Å²) in [6, 6.07) is 10.7. The third-order valence-electron chi connectivity index (χ3n) is 5.16. The van der Waals surface area contributed by atoms with Gasteiger partial charge in [0.2, 0.25) is 0 Å². The van der Waals surface area contributed by atoms with Gasteiger partial charge in [-0.25, -0.2) is 4.39 Å². The minimum atomic E-state index is -0.162. The lowest BCUT2D eigenvalue weighted by Crippen LogP contribution is -2.40. The van der Waals surface area contributed by atoms with Gasteiger partial charge in [0.05, 0.1) is 6.10 Å². The number of hydrogen-bond acceptors (Lipinski definition) is 3. The Hall–Kier alpha value is -1.78. The predicted octanol–water partition coefficient (Wildman–Crippen LogP) is 5.47. The number of hydrogen-bond donors (Lipinski definition) is 1. The highest BCUT2D eigenvalue weighted by molar-refractivity contribution is 5.85. The number of fused-ring (bicyclic) bond motifs is 1. The summed E-state index contributed by atoms with van der Waals surface area (Å²) in [5.74, 6) is 0.559. The van der Waals surface area contributed by atoms with Gasteiger partial charge in [-0.3, -0.25) is 4.90 Å². The summed E-state index contributed by atoms with van der Waals surface area (Å²) in [5, 5.41) is 9.94. The molecule has 1 aliphatic heterocycles. The Morgan fingerprint density at radius 2 is 1.81 bits per heavy atom. The highest BCUT2D eigenvalue weighted by Crippen LogP contribution is 2.33. The third-order valence-corrected chi connectivity index (χ3v) is 5.16. The molecule has 1 N–H and O–H groups in total. The van der Waals surface area contributed by atoms with Crippen molar-refractivity contribution in [1.29, 1.82) is 0 Å². The largest absolute Gasteiger partial charge is 0.504 e. The summed E-state index contributed by atoms with van der Waals surface area (Å²) in [6.07, 6.45) is 1.88. The number of halogens is 2. The molecule has 1 aliphatic rings. The fourth-order valence-electron chi connectivity index (χ4n) is 3.46. The zero-order chi connectivity index (χ0) is 18.9. The van der Waals surface area contributed by atoms with E-state index in [0.29, 0.717) is 5.75 Å². The van der Waals surface area contributed by atoms with Crippen molar-refractivity contribution in [2.24, 2.45) is 0 Å². The van der Waals surface area contributed by atoms with Crippen LogP contribution in [0.3, 0.4) is 0 Å². The van der Waals surface area contributed by atoms with Crippen molar-refractivity contribution in [3.8, 4) is 11.5 Å². The summed E-state index contributed by atoms with van der Waals surface area (Å²) in [4.78, 5) is 2.41. The molecule has 0 atom stereocenters. The highest BCUT2D eigenvalue weighted by atomic mass is 35.5. The standard InChI is InChI=1S/C22H28FNO2.ClH/c1-15(2)26-21-11-16(5-8-20(21)25)9-10-22(3,4)24-13-17-6-7-19(23)12-18(17)14-24;/h5-8,11-12,15,25H,9-10,13-14H2,1-4H3;1H. The second kappa shape index (κ2) is 8.49. The van der Waals surface area contributed by atoms with Gasteiger partial charge in [-0.15, -0.1) is 12.4 Å². The van der Waals surface area contributed by atoms with Gasteiger partial charge in [-0.1, -0.05) is 12.1 Å². The lowest BCUT2D eigenvalue weighted by atomic mass is 9.93. The quantitative estimate of drug-likeness (QED) is 0.706. The normalized spacial score (nSPS) is 14.1. The molecule has 0 radical (unpaired) electrons. The summed E-state index contributed by atoms with van der Waals surface area (Å²) >= 11 is 0. The van der Waals surface area contributed by atoms with E-state index in [9.17, 15) is 9.50 Å². The van der Waals surface area contributed by atoms with E-state index in [1.165, 1.54) is 5.56 Å². The number of rotatable bonds is 6. The van der Waals surface area contributed by atoms with Gasteiger partial charge in [-0.05, 0) is 81.5 Å².